The van der Waals surface area contributed by atoms with Crippen LogP contribution in [0.1, 0.15) is 32.3 Å². The lowest BCUT2D eigenvalue weighted by Gasteiger charge is -2.26. The highest BCUT2D eigenvalue weighted by Crippen LogP contribution is 2.26. The molecule has 1 aromatic heterocycles. The monoisotopic (exact) mass is 370 g/mol. The standard InChI is InChI=1S/C21H27FN4O/c1-3-25(4-2)20-12-7-16(14-23-20)15-24-21(27)19-6-5-13-26(19)18-10-8-17(22)9-11-18/h7-12,14,19H,3-6,13,15H2,1-2H3,(H,24,27)/t19-/m0/s1. The van der Waals surface area contributed by atoms with Gasteiger partial charge in [-0.3, -0.25) is 4.79 Å². The Balaban J connectivity index is 1.59. The number of benzene rings is 1. The van der Waals surface area contributed by atoms with Crippen molar-refractivity contribution in [1.82, 2.24) is 10.3 Å². The average molecular weight is 370 g/mol. The van der Waals surface area contributed by atoms with Crippen LogP contribution < -0.4 is 15.1 Å². The molecule has 1 saturated heterocycles. The molecule has 3 rings (SSSR count). The van der Waals surface area contributed by atoms with Gasteiger partial charge < -0.3 is 15.1 Å². The second kappa shape index (κ2) is 8.84. The van der Waals surface area contributed by atoms with E-state index in [4.69, 9.17) is 0 Å². The molecule has 5 nitrogen and oxygen atoms in total. The normalized spacial score (nSPS) is 16.4. The van der Waals surface area contributed by atoms with E-state index < -0.39 is 0 Å². The van der Waals surface area contributed by atoms with Gasteiger partial charge in [0, 0.05) is 38.1 Å². The van der Waals surface area contributed by atoms with E-state index >= 15 is 0 Å². The van der Waals surface area contributed by atoms with Gasteiger partial charge in [-0.15, -0.1) is 0 Å². The van der Waals surface area contributed by atoms with Gasteiger partial charge in [-0.1, -0.05) is 6.07 Å². The van der Waals surface area contributed by atoms with Crippen LogP contribution in [0, 0.1) is 5.82 Å². The van der Waals surface area contributed by atoms with Crippen LogP contribution in [0.5, 0.6) is 0 Å². The number of rotatable bonds is 7. The van der Waals surface area contributed by atoms with Crippen LogP contribution in [0.3, 0.4) is 0 Å². The van der Waals surface area contributed by atoms with Gasteiger partial charge in [0.15, 0.2) is 0 Å². The Morgan fingerprint density at radius 1 is 1.22 bits per heavy atom. The van der Waals surface area contributed by atoms with E-state index in [-0.39, 0.29) is 17.8 Å². The maximum absolute atomic E-state index is 13.2. The molecule has 0 saturated carbocycles. The van der Waals surface area contributed by atoms with Crippen molar-refractivity contribution in [3.8, 4) is 0 Å². The quantitative estimate of drug-likeness (QED) is 0.812. The number of aromatic nitrogens is 1. The molecule has 0 bridgehead atoms. The van der Waals surface area contributed by atoms with E-state index in [2.05, 4.69) is 33.9 Å². The molecule has 27 heavy (non-hydrogen) atoms. The van der Waals surface area contributed by atoms with Crippen LogP contribution >= 0.6 is 0 Å². The molecule has 0 aliphatic carbocycles. The Hall–Kier alpha value is -2.63. The number of carbonyl (C=O) groups is 1. The third-order valence-electron chi connectivity index (χ3n) is 5.08. The highest BCUT2D eigenvalue weighted by molar-refractivity contribution is 5.85. The summed E-state index contributed by atoms with van der Waals surface area (Å²) in [4.78, 5) is 21.4. The van der Waals surface area contributed by atoms with Crippen molar-refractivity contribution in [2.24, 2.45) is 0 Å². The largest absolute Gasteiger partial charge is 0.360 e. The summed E-state index contributed by atoms with van der Waals surface area (Å²) in [7, 11) is 0. The second-order valence-electron chi connectivity index (χ2n) is 6.74. The lowest BCUT2D eigenvalue weighted by molar-refractivity contribution is -0.122. The number of amides is 1. The molecule has 1 aliphatic heterocycles. The van der Waals surface area contributed by atoms with E-state index in [0.717, 1.165) is 49.5 Å². The number of hydrogen-bond donors (Lipinski definition) is 1. The average Bonchev–Trinajstić information content (AvgIpc) is 3.18. The molecule has 1 aliphatic rings. The van der Waals surface area contributed by atoms with E-state index in [1.54, 1.807) is 12.1 Å². The van der Waals surface area contributed by atoms with Crippen LogP contribution in [0.25, 0.3) is 0 Å². The topological polar surface area (TPSA) is 48.5 Å². The molecular weight excluding hydrogens is 343 g/mol. The fourth-order valence-corrected chi connectivity index (χ4v) is 3.54. The molecule has 6 heteroatoms. The Kier molecular flexibility index (Phi) is 6.27. The van der Waals surface area contributed by atoms with Crippen molar-refractivity contribution in [3.05, 3.63) is 54.0 Å². The van der Waals surface area contributed by atoms with Gasteiger partial charge in [0.2, 0.25) is 5.91 Å². The van der Waals surface area contributed by atoms with E-state index in [1.807, 2.05) is 18.3 Å². The molecule has 0 radical (unpaired) electrons. The zero-order valence-corrected chi connectivity index (χ0v) is 16.0. The molecule has 1 aromatic carbocycles. The lowest BCUT2D eigenvalue weighted by atomic mass is 10.2. The molecule has 1 N–H and O–H groups in total. The van der Waals surface area contributed by atoms with Crippen LogP contribution in [0.4, 0.5) is 15.9 Å². The summed E-state index contributed by atoms with van der Waals surface area (Å²) in [6, 6.07) is 10.1. The predicted octanol–water partition coefficient (Wildman–Crippen LogP) is 3.35. The minimum atomic E-state index is -0.264. The Morgan fingerprint density at radius 2 is 1.96 bits per heavy atom. The highest BCUT2D eigenvalue weighted by atomic mass is 19.1. The van der Waals surface area contributed by atoms with Crippen LogP contribution in [-0.2, 0) is 11.3 Å². The summed E-state index contributed by atoms with van der Waals surface area (Å²) in [6.07, 6.45) is 3.58. The van der Waals surface area contributed by atoms with Crippen LogP contribution in [-0.4, -0.2) is 36.6 Å². The third-order valence-corrected chi connectivity index (χ3v) is 5.08. The van der Waals surface area contributed by atoms with Gasteiger partial charge in [0.05, 0.1) is 0 Å². The maximum Gasteiger partial charge on any atom is 0.242 e. The summed E-state index contributed by atoms with van der Waals surface area (Å²) >= 11 is 0. The first kappa shape index (κ1) is 19.1. The molecule has 0 unspecified atom stereocenters. The predicted molar refractivity (Wildman–Crippen MR) is 106 cm³/mol. The number of anilines is 2. The highest BCUT2D eigenvalue weighted by Gasteiger charge is 2.30. The fraction of sp³-hybridized carbons (Fsp3) is 0.429. The minimum absolute atomic E-state index is 0.00430. The van der Waals surface area contributed by atoms with Gasteiger partial charge in [0.1, 0.15) is 17.7 Å². The van der Waals surface area contributed by atoms with Crippen molar-refractivity contribution < 1.29 is 9.18 Å². The van der Waals surface area contributed by atoms with Gasteiger partial charge in [-0.2, -0.15) is 0 Å². The summed E-state index contributed by atoms with van der Waals surface area (Å²) in [5.41, 5.74) is 1.87. The first-order valence-electron chi connectivity index (χ1n) is 9.62. The number of halogens is 1. The number of nitrogens with one attached hydrogen (secondary N) is 1. The van der Waals surface area contributed by atoms with Gasteiger partial charge >= 0.3 is 0 Å². The molecule has 144 valence electrons. The van der Waals surface area contributed by atoms with E-state index in [9.17, 15) is 9.18 Å². The van der Waals surface area contributed by atoms with Crippen LogP contribution in [0.15, 0.2) is 42.6 Å². The second-order valence-corrected chi connectivity index (χ2v) is 6.74. The number of pyridine rings is 1. The summed E-state index contributed by atoms with van der Waals surface area (Å²) < 4.78 is 13.2. The lowest BCUT2D eigenvalue weighted by Crippen LogP contribution is -2.43. The fourth-order valence-electron chi connectivity index (χ4n) is 3.54. The number of hydrogen-bond acceptors (Lipinski definition) is 4. The van der Waals surface area contributed by atoms with Gasteiger partial charge in [-0.25, -0.2) is 9.37 Å². The van der Waals surface area contributed by atoms with Crippen molar-refractivity contribution in [3.63, 3.8) is 0 Å². The Morgan fingerprint density at radius 3 is 2.59 bits per heavy atom. The van der Waals surface area contributed by atoms with Crippen molar-refractivity contribution in [2.75, 3.05) is 29.4 Å². The smallest absolute Gasteiger partial charge is 0.242 e. The first-order valence-corrected chi connectivity index (χ1v) is 9.62. The molecule has 0 spiro atoms. The number of carbonyl (C=O) groups excluding carboxylic acids is 1. The van der Waals surface area contributed by atoms with Crippen molar-refractivity contribution in [2.45, 2.75) is 39.3 Å². The summed E-state index contributed by atoms with van der Waals surface area (Å²) in [5.74, 6) is 0.692. The summed E-state index contributed by atoms with van der Waals surface area (Å²) in [6.45, 7) is 7.31. The Labute approximate surface area is 160 Å². The molecule has 2 aromatic rings. The molecule has 1 amide bonds. The number of nitrogens with zero attached hydrogens (tertiary/aromatic N) is 3. The van der Waals surface area contributed by atoms with Gasteiger partial charge in [0.25, 0.3) is 0 Å². The summed E-state index contributed by atoms with van der Waals surface area (Å²) in [5, 5.41) is 3.02. The van der Waals surface area contributed by atoms with E-state index in [1.165, 1.54) is 12.1 Å². The van der Waals surface area contributed by atoms with Crippen molar-refractivity contribution in [1.29, 1.82) is 0 Å². The minimum Gasteiger partial charge on any atom is -0.360 e. The zero-order chi connectivity index (χ0) is 19.2. The SMILES string of the molecule is CCN(CC)c1ccc(CNC(=O)[C@@H]2CCCN2c2ccc(F)cc2)cn1. The van der Waals surface area contributed by atoms with Crippen LogP contribution in [0.2, 0.25) is 0 Å². The molecular formula is C21H27FN4O. The third kappa shape index (κ3) is 4.56. The first-order chi connectivity index (χ1) is 13.1. The maximum atomic E-state index is 13.2. The Bertz CT molecular complexity index is 744. The molecule has 1 atom stereocenters. The van der Waals surface area contributed by atoms with Crippen molar-refractivity contribution >= 4 is 17.4 Å². The van der Waals surface area contributed by atoms with E-state index in [0.29, 0.717) is 6.54 Å². The van der Waals surface area contributed by atoms with Gasteiger partial charge in [-0.05, 0) is 62.6 Å². The molecule has 2 heterocycles. The zero-order valence-electron chi connectivity index (χ0n) is 16.0. The molecule has 1 fully saturated rings.